The fraction of sp³-hybridized carbons (Fsp3) is 0.484. The molecule has 0 radical (unpaired) electrons. The van der Waals surface area contributed by atoms with E-state index in [0.29, 0.717) is 10.7 Å². The van der Waals surface area contributed by atoms with Gasteiger partial charge in [0.05, 0.1) is 0 Å². The van der Waals surface area contributed by atoms with Crippen molar-refractivity contribution in [2.45, 2.75) is 80.0 Å². The first kappa shape index (κ1) is 20.0. The third kappa shape index (κ3) is 0.546. The Morgan fingerprint density at radius 1 is 1.10 bits per heavy atom. The number of terminal acetylenes is 1. The first-order valence-electron chi connectivity index (χ1n) is 14.3. The number of benzene rings is 1. The zero-order chi connectivity index (χ0) is 26.9. The summed E-state index contributed by atoms with van der Waals surface area (Å²) in [6, 6.07) is 9.40. The van der Waals surface area contributed by atoms with E-state index in [-0.39, 0.29) is 21.7 Å². The van der Waals surface area contributed by atoms with Gasteiger partial charge in [-0.05, 0) is 0 Å². The maximum atomic E-state index is 14.7. The molecule has 0 bridgehead atoms. The number of carbonyl (C=O) groups is 2. The summed E-state index contributed by atoms with van der Waals surface area (Å²) in [7, 11) is 0. The number of fused-ring (bicyclic) bond motifs is 10. The molecule has 40 heavy (non-hydrogen) atoms. The van der Waals surface area contributed by atoms with Gasteiger partial charge in [0.15, 0.2) is 0 Å². The molecule has 10 saturated heterocycles. The molecule has 5 unspecified atom stereocenters. The third-order valence-corrected chi connectivity index (χ3v) is 62.6. The van der Waals surface area contributed by atoms with Crippen molar-refractivity contribution in [3.63, 3.8) is 0 Å². The molecular weight excluding hydrogens is 562 g/mol. The number of amides is 2. The van der Waals surface area contributed by atoms with Crippen LogP contribution >= 0.6 is 11.3 Å². The topological polar surface area (TPSA) is 80.1 Å². The average molecular weight is 592 g/mol. The van der Waals surface area contributed by atoms with Crippen molar-refractivity contribution < 1.29 is 16.1 Å². The minimum atomic E-state index is -3.87. The number of nitrogens with one attached hydrogen (secondary N) is 1. The summed E-state index contributed by atoms with van der Waals surface area (Å²) in [5.74, 6) is 2.42. The number of nitrogens with zero attached hydrogens (tertiary/aromatic N) is 4. The molecule has 1 N–H and O–H groups in total. The fourth-order valence-electron chi connectivity index (χ4n) is 20.2. The van der Waals surface area contributed by atoms with E-state index in [0.717, 1.165) is 54.7 Å². The van der Waals surface area contributed by atoms with Crippen LogP contribution in [0, 0.1) is 12.3 Å². The van der Waals surface area contributed by atoms with Crippen molar-refractivity contribution in [3.05, 3.63) is 58.8 Å². The quantitative estimate of drug-likeness (QED) is 0.282. The fourth-order valence-corrected chi connectivity index (χ4v) is 95.6. The Labute approximate surface area is 226 Å². The van der Waals surface area contributed by atoms with Crippen molar-refractivity contribution >= 4 is 28.8 Å². The maximum absolute atomic E-state index is 14.7. The Kier molecular flexibility index (Phi) is 1.52. The second-order valence-corrected chi connectivity index (χ2v) is 41.7. The SMILES string of the molecule is C#Cc1nc(C(=O)N(c2ccc(-n3cccn3)cc2)C(C(=O)NC(C)(C)C)[C]23[CH]4[CH]5[CH]6[CH]2[Fe]56432789[CH]3[CH]2[CH]7[CH]8[CH]39)cs1. The summed E-state index contributed by atoms with van der Waals surface area (Å²) in [6.45, 7) is 2.27. The number of aromatic nitrogens is 3. The predicted molar refractivity (Wildman–Crippen MR) is 149 cm³/mol. The van der Waals surface area contributed by atoms with E-state index in [1.54, 1.807) is 11.6 Å². The second kappa shape index (κ2) is 3.03. The minimum absolute atomic E-state index is 0.0393. The zero-order valence-electron chi connectivity index (χ0n) is 22.3. The van der Waals surface area contributed by atoms with E-state index in [1.807, 2.05) is 66.9 Å². The summed E-state index contributed by atoms with van der Waals surface area (Å²) >= 11 is 1.31. The van der Waals surface area contributed by atoms with Crippen LogP contribution < -0.4 is 10.2 Å². The number of thiazole rings is 1. The first-order chi connectivity index (χ1) is 18.9. The van der Waals surface area contributed by atoms with Crippen molar-refractivity contribution in [2.75, 3.05) is 4.90 Å². The number of carbonyl (C=O) groups excluding carboxylic acids is 2. The summed E-state index contributed by atoms with van der Waals surface area (Å²) < 4.78 is 1.93. The van der Waals surface area contributed by atoms with E-state index in [1.165, 1.54) is 11.3 Å². The Morgan fingerprint density at radius 2 is 1.75 bits per heavy atom. The molecule has 1 aromatic carbocycles. The molecule has 10 aliphatic heterocycles. The standard InChI is InChI=1S/C26H24N5O2S.C5H5.Fe/c1-5-22-28-21(17-34-22)25(33)31(20-13-11-19(12-14-20)30-16-8-15-27-30)23(18-9-6-7-10-18)24(32)29-26(2,3)4;1-2-4-5-3-1;/h1,6-17,23H,2-4H3,(H,29,32);1-5H;. The molecule has 2 aromatic heterocycles. The van der Waals surface area contributed by atoms with E-state index >= 15 is 0 Å². The van der Waals surface area contributed by atoms with Gasteiger partial charge in [0.25, 0.3) is 0 Å². The molecular formula is C31H29FeN5O2S. The van der Waals surface area contributed by atoms with Gasteiger partial charge in [-0.2, -0.15) is 0 Å². The molecule has 2 amide bonds. The Balaban J connectivity index is 1.04. The van der Waals surface area contributed by atoms with Crippen LogP contribution in [0.3, 0.4) is 0 Å². The van der Waals surface area contributed by atoms with Gasteiger partial charge in [-0.3, -0.25) is 0 Å². The van der Waals surface area contributed by atoms with E-state index in [9.17, 15) is 9.59 Å². The van der Waals surface area contributed by atoms with E-state index < -0.39 is 12.6 Å². The van der Waals surface area contributed by atoms with Gasteiger partial charge in [-0.15, -0.1) is 0 Å². The van der Waals surface area contributed by atoms with Gasteiger partial charge in [-0.1, -0.05) is 0 Å². The van der Waals surface area contributed by atoms with Gasteiger partial charge >= 0.3 is 227 Å². The van der Waals surface area contributed by atoms with Crippen molar-refractivity contribution in [2.24, 2.45) is 0 Å². The number of rotatable bonds is 6. The van der Waals surface area contributed by atoms with Crippen LogP contribution in [0.25, 0.3) is 5.69 Å². The van der Waals surface area contributed by atoms with Crippen LogP contribution in [0.15, 0.2) is 48.1 Å². The summed E-state index contributed by atoms with van der Waals surface area (Å²) in [4.78, 5) is 44.7. The van der Waals surface area contributed by atoms with Crippen LogP contribution in [-0.2, 0) is 11.3 Å². The van der Waals surface area contributed by atoms with Gasteiger partial charge in [0.1, 0.15) is 0 Å². The first-order valence-corrected chi connectivity index (χ1v) is 21.5. The second-order valence-electron chi connectivity index (χ2n) is 17.2. The molecule has 204 valence electrons. The molecule has 0 aliphatic carbocycles. The van der Waals surface area contributed by atoms with Crippen molar-refractivity contribution in [1.29, 1.82) is 0 Å². The van der Waals surface area contributed by atoms with E-state index in [4.69, 9.17) is 6.42 Å². The number of hydrogen-bond donors (Lipinski definition) is 1. The summed E-state index contributed by atoms with van der Waals surface area (Å²) in [5.41, 5.74) is 1.63. The molecule has 0 saturated carbocycles. The molecule has 10 aliphatic rings. The normalized spacial score (nSPS) is 58.1. The summed E-state index contributed by atoms with van der Waals surface area (Å²) in [5, 5.41) is 10.0. The molecule has 12 heterocycles. The molecule has 1 spiro atoms. The van der Waals surface area contributed by atoms with Crippen LogP contribution in [0.4, 0.5) is 5.69 Å². The number of hydrogen-bond acceptors (Lipinski definition) is 5. The Morgan fingerprint density at radius 3 is 2.20 bits per heavy atom. The van der Waals surface area contributed by atoms with Crippen molar-refractivity contribution in [1.82, 2.24) is 20.1 Å². The van der Waals surface area contributed by atoms with Crippen LogP contribution in [0.5, 0.6) is 0 Å². The van der Waals surface area contributed by atoms with Crippen molar-refractivity contribution in [3.8, 4) is 18.0 Å². The third-order valence-electron chi connectivity index (χ3n) is 19.2. The molecule has 5 atom stereocenters. The molecule has 10 fully saturated rings. The molecule has 7 nitrogen and oxygen atoms in total. The summed E-state index contributed by atoms with van der Waals surface area (Å²) in [6.07, 6.45) is 9.30. The van der Waals surface area contributed by atoms with Crippen LogP contribution in [0.2, 0.25) is 47.7 Å². The van der Waals surface area contributed by atoms with Gasteiger partial charge in [0, 0.05) is 0 Å². The Bertz CT molecular complexity index is 2160. The van der Waals surface area contributed by atoms with Crippen LogP contribution in [-0.4, -0.2) is 38.2 Å². The monoisotopic (exact) mass is 591 g/mol. The molecule has 13 rings (SSSR count). The van der Waals surface area contributed by atoms with Gasteiger partial charge < -0.3 is 0 Å². The predicted octanol–water partition coefficient (Wildman–Crippen LogP) is 6.00. The number of anilines is 1. The van der Waals surface area contributed by atoms with E-state index in [2.05, 4.69) is 21.3 Å². The van der Waals surface area contributed by atoms with Gasteiger partial charge in [-0.25, -0.2) is 0 Å². The Hall–Kier alpha value is -2.92. The molecule has 9 heteroatoms. The molecule has 3 aromatic rings. The zero-order valence-corrected chi connectivity index (χ0v) is 24.3. The van der Waals surface area contributed by atoms with Gasteiger partial charge in [0.2, 0.25) is 0 Å². The average Bonchev–Trinajstić information content (AvgIpc) is 3.75. The van der Waals surface area contributed by atoms with Crippen LogP contribution in [0.1, 0.15) is 36.3 Å².